The van der Waals surface area contributed by atoms with E-state index >= 15 is 0 Å². The second-order valence-electron chi connectivity index (χ2n) is 5.40. The zero-order valence-corrected chi connectivity index (χ0v) is 13.7. The van der Waals surface area contributed by atoms with Gasteiger partial charge in [0.25, 0.3) is 0 Å². The van der Waals surface area contributed by atoms with Crippen molar-refractivity contribution in [3.63, 3.8) is 0 Å². The number of nitrogens with one attached hydrogen (secondary N) is 1. The largest absolute Gasteiger partial charge is 0.306 e. The normalized spacial score (nSPS) is 12.3. The average molecular weight is 302 g/mol. The highest BCUT2D eigenvalue weighted by Crippen LogP contribution is 2.28. The van der Waals surface area contributed by atoms with Gasteiger partial charge in [-0.1, -0.05) is 74.3 Å². The minimum Gasteiger partial charge on any atom is -0.306 e. The molecule has 1 N–H and O–H groups in total. The Morgan fingerprint density at radius 2 is 1.67 bits per heavy atom. The molecule has 0 amide bonds. The van der Waals surface area contributed by atoms with Crippen LogP contribution in [0.1, 0.15) is 49.4 Å². The highest BCUT2D eigenvalue weighted by molar-refractivity contribution is 6.31. The second-order valence-corrected chi connectivity index (χ2v) is 5.81. The van der Waals surface area contributed by atoms with Gasteiger partial charge in [0.1, 0.15) is 0 Å². The fourth-order valence-corrected chi connectivity index (χ4v) is 2.82. The van der Waals surface area contributed by atoms with Gasteiger partial charge in [-0.25, -0.2) is 0 Å². The molecular weight excluding hydrogens is 278 g/mol. The number of halogens is 1. The molecule has 1 unspecified atom stereocenters. The van der Waals surface area contributed by atoms with Crippen LogP contribution in [0.3, 0.4) is 0 Å². The zero-order valence-electron chi connectivity index (χ0n) is 12.9. The lowest BCUT2D eigenvalue weighted by atomic mass is 9.96. The van der Waals surface area contributed by atoms with Crippen molar-refractivity contribution in [2.45, 2.75) is 39.2 Å². The smallest absolute Gasteiger partial charge is 0.0591 e. The van der Waals surface area contributed by atoms with E-state index in [4.69, 9.17) is 11.6 Å². The summed E-state index contributed by atoms with van der Waals surface area (Å²) in [4.78, 5) is 0. The number of hydrogen-bond donors (Lipinski definition) is 1. The predicted octanol–water partition coefficient (Wildman–Crippen LogP) is 5.38. The van der Waals surface area contributed by atoms with Crippen molar-refractivity contribution in [3.05, 3.63) is 70.2 Å². The summed E-state index contributed by atoms with van der Waals surface area (Å²) < 4.78 is 0. The second kappa shape index (κ2) is 8.21. The molecular formula is C19H24ClN. The Balaban J connectivity index is 2.29. The molecule has 2 aromatic carbocycles. The molecule has 0 aliphatic rings. The maximum Gasteiger partial charge on any atom is 0.0591 e. The number of hydrogen-bond acceptors (Lipinski definition) is 1. The van der Waals surface area contributed by atoms with E-state index in [0.717, 1.165) is 30.0 Å². The first kappa shape index (κ1) is 16.1. The van der Waals surface area contributed by atoms with Gasteiger partial charge >= 0.3 is 0 Å². The Hall–Kier alpha value is -1.31. The monoisotopic (exact) mass is 301 g/mol. The third-order valence-corrected chi connectivity index (χ3v) is 4.01. The Bertz CT molecular complexity index is 548. The van der Waals surface area contributed by atoms with Crippen LogP contribution in [0, 0.1) is 0 Å². The number of benzene rings is 2. The summed E-state index contributed by atoms with van der Waals surface area (Å²) in [6.45, 7) is 5.37. The molecule has 0 aliphatic carbocycles. The van der Waals surface area contributed by atoms with Crippen LogP contribution in [0.5, 0.6) is 0 Å². The fraction of sp³-hybridized carbons (Fsp3) is 0.368. The first-order valence-electron chi connectivity index (χ1n) is 7.83. The van der Waals surface area contributed by atoms with Crippen LogP contribution in [0.2, 0.25) is 5.02 Å². The van der Waals surface area contributed by atoms with Crippen LogP contribution in [0.4, 0.5) is 0 Å². The first-order chi connectivity index (χ1) is 10.3. The minimum atomic E-state index is 0.161. The molecule has 0 bridgehead atoms. The highest BCUT2D eigenvalue weighted by atomic mass is 35.5. The van der Waals surface area contributed by atoms with Gasteiger partial charge in [-0.3, -0.25) is 0 Å². The Labute approximate surface area is 133 Å². The van der Waals surface area contributed by atoms with E-state index in [9.17, 15) is 0 Å². The molecule has 0 heterocycles. The molecule has 1 atom stereocenters. The van der Waals surface area contributed by atoms with Crippen LogP contribution in [0.15, 0.2) is 48.5 Å². The van der Waals surface area contributed by atoms with Crippen LogP contribution in [-0.2, 0) is 6.42 Å². The predicted molar refractivity (Wildman–Crippen MR) is 92.0 cm³/mol. The van der Waals surface area contributed by atoms with Crippen LogP contribution in [-0.4, -0.2) is 6.54 Å². The molecule has 0 spiro atoms. The lowest BCUT2D eigenvalue weighted by Gasteiger charge is -2.21. The molecule has 0 radical (unpaired) electrons. The van der Waals surface area contributed by atoms with Crippen LogP contribution in [0.25, 0.3) is 0 Å². The van der Waals surface area contributed by atoms with E-state index < -0.39 is 0 Å². The lowest BCUT2D eigenvalue weighted by Crippen LogP contribution is -2.23. The van der Waals surface area contributed by atoms with Crippen molar-refractivity contribution in [2.75, 3.05) is 6.54 Å². The third kappa shape index (κ3) is 4.33. The molecule has 2 rings (SSSR count). The molecule has 112 valence electrons. The van der Waals surface area contributed by atoms with Gasteiger partial charge in [0.15, 0.2) is 0 Å². The Morgan fingerprint density at radius 1 is 0.952 bits per heavy atom. The molecule has 0 saturated heterocycles. The van der Waals surface area contributed by atoms with Crippen molar-refractivity contribution in [3.8, 4) is 0 Å². The van der Waals surface area contributed by atoms with Crippen molar-refractivity contribution >= 4 is 11.6 Å². The standard InChI is InChI=1S/C19H24ClN/c1-3-7-15-10-12-16(13-11-15)19(21-14-4-2)17-8-5-6-9-18(17)20/h5-6,8-13,19,21H,3-4,7,14H2,1-2H3. The van der Waals surface area contributed by atoms with Gasteiger partial charge in [0, 0.05) is 5.02 Å². The summed E-state index contributed by atoms with van der Waals surface area (Å²) in [6.07, 6.45) is 3.43. The summed E-state index contributed by atoms with van der Waals surface area (Å²) in [5.74, 6) is 0. The number of rotatable bonds is 7. The van der Waals surface area contributed by atoms with Crippen molar-refractivity contribution < 1.29 is 0 Å². The summed E-state index contributed by atoms with van der Waals surface area (Å²) in [7, 11) is 0. The topological polar surface area (TPSA) is 12.0 Å². The highest BCUT2D eigenvalue weighted by Gasteiger charge is 2.15. The molecule has 0 saturated carbocycles. The van der Waals surface area contributed by atoms with E-state index in [1.807, 2.05) is 18.2 Å². The molecule has 0 aromatic heterocycles. The average Bonchev–Trinajstić information content (AvgIpc) is 2.51. The zero-order chi connectivity index (χ0) is 15.1. The third-order valence-electron chi connectivity index (χ3n) is 3.67. The maximum atomic E-state index is 6.39. The van der Waals surface area contributed by atoms with Gasteiger partial charge in [0.05, 0.1) is 6.04 Å². The van der Waals surface area contributed by atoms with Gasteiger partial charge < -0.3 is 5.32 Å². The van der Waals surface area contributed by atoms with Crippen molar-refractivity contribution in [1.29, 1.82) is 0 Å². The molecule has 1 nitrogen and oxygen atoms in total. The summed E-state index contributed by atoms with van der Waals surface area (Å²) in [6, 6.07) is 17.2. The molecule has 2 heteroatoms. The molecule has 21 heavy (non-hydrogen) atoms. The molecule has 0 fully saturated rings. The quantitative estimate of drug-likeness (QED) is 0.724. The van der Waals surface area contributed by atoms with E-state index in [2.05, 4.69) is 49.5 Å². The van der Waals surface area contributed by atoms with E-state index in [0.29, 0.717) is 0 Å². The summed E-state index contributed by atoms with van der Waals surface area (Å²) in [5.41, 5.74) is 3.82. The number of aryl methyl sites for hydroxylation is 1. The summed E-state index contributed by atoms with van der Waals surface area (Å²) >= 11 is 6.39. The van der Waals surface area contributed by atoms with Gasteiger partial charge in [0.2, 0.25) is 0 Å². The van der Waals surface area contributed by atoms with Crippen molar-refractivity contribution in [2.24, 2.45) is 0 Å². The minimum absolute atomic E-state index is 0.161. The van der Waals surface area contributed by atoms with E-state index in [1.165, 1.54) is 17.5 Å². The molecule has 0 aliphatic heterocycles. The fourth-order valence-electron chi connectivity index (χ4n) is 2.57. The van der Waals surface area contributed by atoms with Gasteiger partial charge in [-0.2, -0.15) is 0 Å². The first-order valence-corrected chi connectivity index (χ1v) is 8.20. The van der Waals surface area contributed by atoms with Crippen LogP contribution < -0.4 is 5.32 Å². The SMILES string of the molecule is CCCNC(c1ccc(CCC)cc1)c1ccccc1Cl. The molecule has 2 aromatic rings. The van der Waals surface area contributed by atoms with Gasteiger partial charge in [-0.05, 0) is 42.1 Å². The van der Waals surface area contributed by atoms with Crippen molar-refractivity contribution in [1.82, 2.24) is 5.32 Å². The summed E-state index contributed by atoms with van der Waals surface area (Å²) in [5, 5.41) is 4.43. The Kier molecular flexibility index (Phi) is 6.28. The van der Waals surface area contributed by atoms with E-state index in [-0.39, 0.29) is 6.04 Å². The van der Waals surface area contributed by atoms with E-state index in [1.54, 1.807) is 0 Å². The Morgan fingerprint density at radius 3 is 2.29 bits per heavy atom. The van der Waals surface area contributed by atoms with Gasteiger partial charge in [-0.15, -0.1) is 0 Å². The van der Waals surface area contributed by atoms with Crippen LogP contribution >= 0.6 is 11.6 Å². The lowest BCUT2D eigenvalue weighted by molar-refractivity contribution is 0.598. The maximum absolute atomic E-state index is 6.39.